The van der Waals surface area contributed by atoms with Gasteiger partial charge in [-0.1, -0.05) is 12.1 Å². The molecule has 202 valence electrons. The first-order chi connectivity index (χ1) is 17.7. The first-order valence-corrected chi connectivity index (χ1v) is 11.7. The highest BCUT2D eigenvalue weighted by atomic mass is 16.5. The summed E-state index contributed by atoms with van der Waals surface area (Å²) in [6.45, 7) is -0.204. The van der Waals surface area contributed by atoms with E-state index in [4.69, 9.17) is 9.84 Å². The second kappa shape index (κ2) is 15.2. The lowest BCUT2D eigenvalue weighted by molar-refractivity contribution is -0.132. The summed E-state index contributed by atoms with van der Waals surface area (Å²) in [5, 5.41) is 54.6. The number of rotatable bonds is 15. The topological polar surface area (TPSA) is 198 Å². The summed E-state index contributed by atoms with van der Waals surface area (Å²) >= 11 is 0. The van der Waals surface area contributed by atoms with Gasteiger partial charge in [-0.2, -0.15) is 0 Å². The number of phenolic OH excluding ortho intramolecular Hbond substituents is 4. The highest BCUT2D eigenvalue weighted by Gasteiger charge is 2.21. The van der Waals surface area contributed by atoms with Gasteiger partial charge in [-0.3, -0.25) is 14.4 Å². The summed E-state index contributed by atoms with van der Waals surface area (Å²) in [5.74, 6) is -2.44. The fraction of sp³-hybridized carbons (Fsp3) is 0.400. The third-order valence-electron chi connectivity index (χ3n) is 5.31. The fourth-order valence-electron chi connectivity index (χ4n) is 3.35. The average molecular weight is 520 g/mol. The first kappa shape index (κ1) is 29.2. The average Bonchev–Trinajstić information content (AvgIpc) is 2.86. The van der Waals surface area contributed by atoms with Gasteiger partial charge in [-0.05, 0) is 54.7 Å². The Morgan fingerprint density at radius 1 is 0.784 bits per heavy atom. The molecule has 1 atom stereocenters. The molecule has 37 heavy (non-hydrogen) atoms. The third-order valence-corrected chi connectivity index (χ3v) is 5.31. The van der Waals surface area contributed by atoms with Crippen LogP contribution in [0.2, 0.25) is 0 Å². The zero-order chi connectivity index (χ0) is 27.2. The van der Waals surface area contributed by atoms with E-state index in [1.165, 1.54) is 24.3 Å². The maximum Gasteiger partial charge on any atom is 0.246 e. The van der Waals surface area contributed by atoms with Crippen LogP contribution >= 0.6 is 0 Å². The maximum absolute atomic E-state index is 12.7. The van der Waals surface area contributed by atoms with Crippen LogP contribution in [0.1, 0.15) is 24.0 Å². The summed E-state index contributed by atoms with van der Waals surface area (Å²) in [5.41, 5.74) is 1.39. The highest BCUT2D eigenvalue weighted by molar-refractivity contribution is 5.88. The van der Waals surface area contributed by atoms with E-state index in [2.05, 4.69) is 16.0 Å². The number of aliphatic hydroxyl groups is 1. The van der Waals surface area contributed by atoms with E-state index < -0.39 is 17.9 Å². The molecule has 0 spiro atoms. The molecule has 0 aliphatic rings. The lowest BCUT2D eigenvalue weighted by atomic mass is 10.1. The molecule has 2 aromatic carbocycles. The van der Waals surface area contributed by atoms with Crippen LogP contribution in [0.3, 0.4) is 0 Å². The van der Waals surface area contributed by atoms with E-state index in [9.17, 15) is 34.8 Å². The Labute approximate surface area is 213 Å². The SMILES string of the molecule is O=C(CCC(NC(=O)COCCO)C(=O)NCCc1ccc(O)c(O)c1)NCCc1ccc(O)c(O)c1. The van der Waals surface area contributed by atoms with E-state index in [-0.39, 0.29) is 74.7 Å². The normalized spacial score (nSPS) is 11.5. The molecule has 0 radical (unpaired) electrons. The molecule has 0 aliphatic carbocycles. The molecule has 0 saturated heterocycles. The van der Waals surface area contributed by atoms with Crippen LogP contribution in [0.4, 0.5) is 0 Å². The molecule has 2 rings (SSSR count). The molecule has 0 bridgehead atoms. The van der Waals surface area contributed by atoms with Crippen LogP contribution in [0.15, 0.2) is 36.4 Å². The minimum Gasteiger partial charge on any atom is -0.504 e. The van der Waals surface area contributed by atoms with Crippen molar-refractivity contribution in [3.63, 3.8) is 0 Å². The van der Waals surface area contributed by atoms with Crippen LogP contribution in [0.5, 0.6) is 23.0 Å². The molecule has 0 fully saturated rings. The van der Waals surface area contributed by atoms with Crippen molar-refractivity contribution in [2.45, 2.75) is 31.7 Å². The van der Waals surface area contributed by atoms with Gasteiger partial charge in [0.05, 0.1) is 13.2 Å². The Balaban J connectivity index is 1.85. The number of aliphatic hydroxyl groups excluding tert-OH is 1. The van der Waals surface area contributed by atoms with Crippen molar-refractivity contribution in [2.24, 2.45) is 0 Å². The lowest BCUT2D eigenvalue weighted by Gasteiger charge is -2.18. The Kier molecular flexibility index (Phi) is 12.0. The molecule has 8 N–H and O–H groups in total. The van der Waals surface area contributed by atoms with Crippen LogP contribution in [-0.2, 0) is 32.0 Å². The highest BCUT2D eigenvalue weighted by Crippen LogP contribution is 2.25. The summed E-state index contributed by atoms with van der Waals surface area (Å²) in [6, 6.07) is 7.67. The first-order valence-electron chi connectivity index (χ1n) is 11.7. The number of benzene rings is 2. The molecule has 1 unspecified atom stereocenters. The quantitative estimate of drug-likeness (QED) is 0.116. The summed E-state index contributed by atoms with van der Waals surface area (Å²) in [6.07, 6.45) is 0.730. The Morgan fingerprint density at radius 3 is 1.89 bits per heavy atom. The zero-order valence-corrected chi connectivity index (χ0v) is 20.3. The van der Waals surface area contributed by atoms with Crippen molar-refractivity contribution in [3.05, 3.63) is 47.5 Å². The zero-order valence-electron chi connectivity index (χ0n) is 20.3. The van der Waals surface area contributed by atoms with Gasteiger partial charge in [0.2, 0.25) is 17.7 Å². The lowest BCUT2D eigenvalue weighted by Crippen LogP contribution is -2.48. The van der Waals surface area contributed by atoms with Gasteiger partial charge < -0.3 is 46.2 Å². The minimum atomic E-state index is -1.02. The van der Waals surface area contributed by atoms with E-state index in [0.29, 0.717) is 24.0 Å². The fourth-order valence-corrected chi connectivity index (χ4v) is 3.35. The van der Waals surface area contributed by atoms with Crippen molar-refractivity contribution < 1.29 is 44.7 Å². The van der Waals surface area contributed by atoms with Crippen LogP contribution in [0.25, 0.3) is 0 Å². The third kappa shape index (κ3) is 10.6. The monoisotopic (exact) mass is 519 g/mol. The Bertz CT molecular complexity index is 1060. The van der Waals surface area contributed by atoms with Gasteiger partial charge in [-0.25, -0.2) is 0 Å². The molecule has 3 amide bonds. The number of ether oxygens (including phenoxy) is 1. The standard InChI is InChI=1S/C25H33N3O9/c29-11-12-37-15-24(35)28-18(25(36)27-10-8-17-2-5-20(31)22(33)14-17)3-6-23(34)26-9-7-16-1-4-19(30)21(32)13-16/h1-2,4-5,13-14,18,29-33H,3,6-12,15H2,(H,26,34)(H,27,36)(H,28,35). The predicted molar refractivity (Wildman–Crippen MR) is 132 cm³/mol. The molecule has 2 aromatic rings. The number of aromatic hydroxyl groups is 4. The second-order valence-corrected chi connectivity index (χ2v) is 8.22. The van der Waals surface area contributed by atoms with Crippen LogP contribution in [0, 0.1) is 0 Å². The minimum absolute atomic E-state index is 0.0173. The second-order valence-electron chi connectivity index (χ2n) is 8.22. The smallest absolute Gasteiger partial charge is 0.246 e. The van der Waals surface area contributed by atoms with Crippen molar-refractivity contribution >= 4 is 17.7 Å². The van der Waals surface area contributed by atoms with Gasteiger partial charge in [-0.15, -0.1) is 0 Å². The molecular formula is C25H33N3O9. The molecule has 0 aliphatic heterocycles. The molecule has 12 nitrogen and oxygen atoms in total. The number of amides is 3. The number of hydrogen-bond acceptors (Lipinski definition) is 9. The Hall–Kier alpha value is -4.03. The maximum atomic E-state index is 12.7. The summed E-state index contributed by atoms with van der Waals surface area (Å²) in [7, 11) is 0. The van der Waals surface area contributed by atoms with Crippen LogP contribution in [-0.4, -0.2) is 82.2 Å². The van der Waals surface area contributed by atoms with Gasteiger partial charge >= 0.3 is 0 Å². The number of carbonyl (C=O) groups excluding carboxylic acids is 3. The van der Waals surface area contributed by atoms with Crippen molar-refractivity contribution in [2.75, 3.05) is 32.9 Å². The summed E-state index contributed by atoms with van der Waals surface area (Å²) < 4.78 is 4.97. The molecular weight excluding hydrogens is 486 g/mol. The van der Waals surface area contributed by atoms with Gasteiger partial charge in [0.1, 0.15) is 12.6 Å². The Morgan fingerprint density at radius 2 is 1.35 bits per heavy atom. The van der Waals surface area contributed by atoms with Gasteiger partial charge in [0.25, 0.3) is 0 Å². The molecule has 12 heteroatoms. The number of hydrogen-bond donors (Lipinski definition) is 8. The van der Waals surface area contributed by atoms with E-state index in [1.54, 1.807) is 12.1 Å². The molecule has 0 aromatic heterocycles. The number of nitrogens with one attached hydrogen (secondary N) is 3. The van der Waals surface area contributed by atoms with Crippen LogP contribution < -0.4 is 16.0 Å². The van der Waals surface area contributed by atoms with Gasteiger partial charge in [0, 0.05) is 19.5 Å². The van der Waals surface area contributed by atoms with Crippen molar-refractivity contribution in [1.29, 1.82) is 0 Å². The number of carbonyl (C=O) groups is 3. The van der Waals surface area contributed by atoms with E-state index in [1.807, 2.05) is 0 Å². The van der Waals surface area contributed by atoms with E-state index >= 15 is 0 Å². The van der Waals surface area contributed by atoms with Gasteiger partial charge in [0.15, 0.2) is 23.0 Å². The predicted octanol–water partition coefficient (Wildman–Crippen LogP) is -0.199. The molecule has 0 heterocycles. The van der Waals surface area contributed by atoms with Crippen molar-refractivity contribution in [3.8, 4) is 23.0 Å². The number of phenols is 4. The largest absolute Gasteiger partial charge is 0.504 e. The molecule has 0 saturated carbocycles. The summed E-state index contributed by atoms with van der Waals surface area (Å²) in [4.78, 5) is 37.1. The van der Waals surface area contributed by atoms with E-state index in [0.717, 1.165) is 0 Å². The van der Waals surface area contributed by atoms with Crippen molar-refractivity contribution in [1.82, 2.24) is 16.0 Å².